The number of hydrogen-bond acceptors (Lipinski definition) is 4. The van der Waals surface area contributed by atoms with E-state index in [0.717, 1.165) is 12.1 Å². The highest BCUT2D eigenvalue weighted by Gasteiger charge is 2.24. The number of nitrogens with two attached hydrogens (primary N) is 1. The molecule has 19 heavy (non-hydrogen) atoms. The molecule has 0 aliphatic heterocycles. The summed E-state index contributed by atoms with van der Waals surface area (Å²) in [6.45, 7) is 2.47. The number of nitro groups is 1. The van der Waals surface area contributed by atoms with Crippen molar-refractivity contribution in [2.45, 2.75) is 38.6 Å². The van der Waals surface area contributed by atoms with Gasteiger partial charge < -0.3 is 11.1 Å². The number of nitro benzene ring substituents is 1. The lowest BCUT2D eigenvalue weighted by molar-refractivity contribution is -0.385. The summed E-state index contributed by atoms with van der Waals surface area (Å²) in [7, 11) is 0. The molecular weight excluding hydrogens is 242 g/mol. The molecule has 1 aliphatic carbocycles. The lowest BCUT2D eigenvalue weighted by Gasteiger charge is -2.32. The molecule has 0 saturated heterocycles. The van der Waals surface area contributed by atoms with Gasteiger partial charge in [-0.2, -0.15) is 0 Å². The van der Waals surface area contributed by atoms with Crippen LogP contribution < -0.4 is 11.1 Å². The lowest BCUT2D eigenvalue weighted by Crippen LogP contribution is -2.36. The normalized spacial score (nSPS) is 23.1. The summed E-state index contributed by atoms with van der Waals surface area (Å²) < 4.78 is 0. The maximum absolute atomic E-state index is 10.8. The summed E-state index contributed by atoms with van der Waals surface area (Å²) in [6.07, 6.45) is 4.76. The van der Waals surface area contributed by atoms with Crippen molar-refractivity contribution in [3.8, 4) is 0 Å². The van der Waals surface area contributed by atoms with Crippen LogP contribution in [-0.4, -0.2) is 17.5 Å². The Bertz CT molecular complexity index is 462. The summed E-state index contributed by atoms with van der Waals surface area (Å²) in [5.74, 6) is 0.504. The van der Waals surface area contributed by atoms with Crippen molar-refractivity contribution in [2.75, 3.05) is 11.9 Å². The van der Waals surface area contributed by atoms with Gasteiger partial charge in [0.25, 0.3) is 5.69 Å². The van der Waals surface area contributed by atoms with Crippen molar-refractivity contribution in [2.24, 2.45) is 11.7 Å². The Balaban J connectivity index is 2.10. The quantitative estimate of drug-likeness (QED) is 0.646. The van der Waals surface area contributed by atoms with Crippen LogP contribution in [0, 0.1) is 23.0 Å². The second kappa shape index (κ2) is 6.02. The third-order valence-corrected chi connectivity index (χ3v) is 3.96. The Labute approximate surface area is 113 Å². The van der Waals surface area contributed by atoms with Gasteiger partial charge in [0.05, 0.1) is 4.92 Å². The smallest absolute Gasteiger partial charge is 0.272 e. The largest absolute Gasteiger partial charge is 0.382 e. The van der Waals surface area contributed by atoms with Crippen molar-refractivity contribution in [3.05, 3.63) is 33.9 Å². The number of anilines is 1. The topological polar surface area (TPSA) is 81.2 Å². The molecule has 2 rings (SSSR count). The van der Waals surface area contributed by atoms with Crippen LogP contribution in [0.1, 0.15) is 31.2 Å². The molecule has 0 radical (unpaired) electrons. The first-order valence-electron chi connectivity index (χ1n) is 6.83. The van der Waals surface area contributed by atoms with E-state index < -0.39 is 0 Å². The molecule has 0 spiro atoms. The van der Waals surface area contributed by atoms with E-state index in [-0.39, 0.29) is 10.6 Å². The maximum Gasteiger partial charge on any atom is 0.272 e. The van der Waals surface area contributed by atoms with Gasteiger partial charge in [-0.15, -0.1) is 0 Å². The first kappa shape index (κ1) is 13.8. The number of nitrogens with zero attached hydrogens (tertiary/aromatic N) is 1. The molecule has 2 atom stereocenters. The van der Waals surface area contributed by atoms with Gasteiger partial charge in [-0.1, -0.05) is 12.8 Å². The Morgan fingerprint density at radius 1 is 1.42 bits per heavy atom. The third kappa shape index (κ3) is 3.23. The molecule has 2 unspecified atom stereocenters. The van der Waals surface area contributed by atoms with Gasteiger partial charge >= 0.3 is 0 Å². The molecule has 1 aliphatic rings. The van der Waals surface area contributed by atoms with E-state index in [1.807, 2.05) is 6.07 Å². The Hall–Kier alpha value is -1.62. The van der Waals surface area contributed by atoms with E-state index >= 15 is 0 Å². The highest BCUT2D eigenvalue weighted by Crippen LogP contribution is 2.28. The van der Waals surface area contributed by atoms with Crippen molar-refractivity contribution < 1.29 is 4.92 Å². The minimum absolute atomic E-state index is 0.171. The number of nitrogens with one attached hydrogen (secondary N) is 1. The van der Waals surface area contributed by atoms with Crippen LogP contribution in [0.5, 0.6) is 0 Å². The highest BCUT2D eigenvalue weighted by molar-refractivity contribution is 5.54. The Kier molecular flexibility index (Phi) is 4.37. The first-order chi connectivity index (χ1) is 9.11. The van der Waals surface area contributed by atoms with Crippen LogP contribution in [0.3, 0.4) is 0 Å². The summed E-state index contributed by atoms with van der Waals surface area (Å²) in [6, 6.07) is 5.59. The molecule has 0 bridgehead atoms. The summed E-state index contributed by atoms with van der Waals surface area (Å²) in [4.78, 5) is 10.4. The van der Waals surface area contributed by atoms with Gasteiger partial charge in [0.15, 0.2) is 0 Å². The minimum Gasteiger partial charge on any atom is -0.382 e. The molecule has 1 saturated carbocycles. The van der Waals surface area contributed by atoms with Crippen molar-refractivity contribution in [1.82, 2.24) is 0 Å². The van der Waals surface area contributed by atoms with Crippen molar-refractivity contribution in [3.63, 3.8) is 0 Å². The highest BCUT2D eigenvalue weighted by atomic mass is 16.6. The molecule has 1 fully saturated rings. The minimum atomic E-state index is -0.345. The van der Waals surface area contributed by atoms with Crippen LogP contribution in [-0.2, 0) is 0 Å². The monoisotopic (exact) mass is 263 g/mol. The second-order valence-electron chi connectivity index (χ2n) is 5.29. The maximum atomic E-state index is 10.8. The average molecular weight is 263 g/mol. The van der Waals surface area contributed by atoms with Crippen LogP contribution in [0.15, 0.2) is 18.2 Å². The van der Waals surface area contributed by atoms with E-state index in [9.17, 15) is 10.1 Å². The van der Waals surface area contributed by atoms with Gasteiger partial charge in [-0.25, -0.2) is 0 Å². The predicted molar refractivity (Wildman–Crippen MR) is 76.3 cm³/mol. The molecule has 5 heteroatoms. The number of rotatable bonds is 4. The number of aryl methyl sites for hydroxylation is 1. The third-order valence-electron chi connectivity index (χ3n) is 3.96. The zero-order valence-electron chi connectivity index (χ0n) is 11.3. The van der Waals surface area contributed by atoms with Gasteiger partial charge in [-0.3, -0.25) is 10.1 Å². The molecule has 104 valence electrons. The van der Waals surface area contributed by atoms with Crippen molar-refractivity contribution in [1.29, 1.82) is 0 Å². The molecule has 1 aromatic rings. The van der Waals surface area contributed by atoms with E-state index in [1.54, 1.807) is 19.1 Å². The molecule has 0 aromatic heterocycles. The van der Waals surface area contributed by atoms with Crippen LogP contribution in [0.4, 0.5) is 11.4 Å². The van der Waals surface area contributed by atoms with Crippen LogP contribution in [0.25, 0.3) is 0 Å². The number of hydrogen-bond donors (Lipinski definition) is 2. The van der Waals surface area contributed by atoms with Crippen LogP contribution in [0.2, 0.25) is 0 Å². The molecule has 5 nitrogen and oxygen atoms in total. The van der Waals surface area contributed by atoms with Gasteiger partial charge in [0.2, 0.25) is 0 Å². The first-order valence-corrected chi connectivity index (χ1v) is 6.83. The summed E-state index contributed by atoms with van der Waals surface area (Å²) in [5, 5.41) is 14.3. The summed E-state index contributed by atoms with van der Waals surface area (Å²) in [5.41, 5.74) is 7.62. The van der Waals surface area contributed by atoms with Crippen molar-refractivity contribution >= 4 is 11.4 Å². The van der Waals surface area contributed by atoms with E-state index in [1.165, 1.54) is 19.3 Å². The Morgan fingerprint density at radius 3 is 2.79 bits per heavy atom. The van der Waals surface area contributed by atoms with Crippen LogP contribution >= 0.6 is 0 Å². The predicted octanol–water partition coefficient (Wildman–Crippen LogP) is 2.83. The zero-order valence-corrected chi connectivity index (χ0v) is 11.3. The molecule has 0 heterocycles. The fourth-order valence-electron chi connectivity index (χ4n) is 2.84. The van der Waals surface area contributed by atoms with Gasteiger partial charge in [0.1, 0.15) is 0 Å². The lowest BCUT2D eigenvalue weighted by atomic mass is 9.84. The fourth-order valence-corrected chi connectivity index (χ4v) is 2.84. The molecule has 3 N–H and O–H groups in total. The van der Waals surface area contributed by atoms with Gasteiger partial charge in [0, 0.05) is 23.4 Å². The number of benzene rings is 1. The van der Waals surface area contributed by atoms with E-state index in [4.69, 9.17) is 5.73 Å². The zero-order chi connectivity index (χ0) is 13.8. The Morgan fingerprint density at radius 2 is 2.16 bits per heavy atom. The van der Waals surface area contributed by atoms with E-state index in [2.05, 4.69) is 5.32 Å². The van der Waals surface area contributed by atoms with E-state index in [0.29, 0.717) is 24.1 Å². The average Bonchev–Trinajstić information content (AvgIpc) is 2.39. The molecular formula is C14H21N3O2. The molecule has 1 aromatic carbocycles. The SMILES string of the molecule is Cc1cc(NC2CCCCC2CN)ccc1[N+](=O)[O-]. The van der Waals surface area contributed by atoms with Gasteiger partial charge in [-0.05, 0) is 44.4 Å². The fraction of sp³-hybridized carbons (Fsp3) is 0.571. The second-order valence-corrected chi connectivity index (χ2v) is 5.29. The molecule has 0 amide bonds. The standard InChI is InChI=1S/C14H21N3O2/c1-10-8-12(6-7-14(10)17(18)19)16-13-5-3-2-4-11(13)9-15/h6-8,11,13,16H,2-5,9,15H2,1H3. The summed E-state index contributed by atoms with van der Waals surface area (Å²) >= 11 is 0.